The van der Waals surface area contributed by atoms with Gasteiger partial charge in [-0.3, -0.25) is 18.9 Å². The number of hydrogen-bond donors (Lipinski definition) is 3. The maximum atomic E-state index is 13.6. The monoisotopic (exact) mass is 629 g/mol. The molecule has 13 heteroatoms. The number of amides is 3. The first-order valence-electron chi connectivity index (χ1n) is 14.2. The second kappa shape index (κ2) is 16.6. The van der Waals surface area contributed by atoms with Crippen molar-refractivity contribution in [2.75, 3.05) is 25.8 Å². The van der Waals surface area contributed by atoms with E-state index < -0.39 is 62.4 Å². The van der Waals surface area contributed by atoms with E-state index in [9.17, 15) is 41.4 Å². The topological polar surface area (TPSA) is 116 Å². The van der Waals surface area contributed by atoms with Gasteiger partial charge < -0.3 is 20.4 Å². The van der Waals surface area contributed by atoms with Gasteiger partial charge in [-0.2, -0.15) is 0 Å². The van der Waals surface area contributed by atoms with Crippen LogP contribution in [0, 0.1) is 5.92 Å². The quantitative estimate of drug-likeness (QED) is 0.157. The number of halogens is 4. The molecule has 0 heterocycles. The van der Waals surface area contributed by atoms with Crippen molar-refractivity contribution in [2.24, 2.45) is 5.92 Å². The highest BCUT2D eigenvalue weighted by molar-refractivity contribution is 7.58. The van der Waals surface area contributed by atoms with Crippen molar-refractivity contribution in [3.8, 4) is 0 Å². The van der Waals surface area contributed by atoms with Gasteiger partial charge in [0.1, 0.15) is 5.78 Å². The third-order valence-corrected chi connectivity index (χ3v) is 9.12. The molecule has 0 aliphatic carbocycles. The average molecular weight is 630 g/mol. The zero-order chi connectivity index (χ0) is 32.2. The Morgan fingerprint density at radius 2 is 1.58 bits per heavy atom. The van der Waals surface area contributed by atoms with Crippen molar-refractivity contribution in [1.82, 2.24) is 15.5 Å². The fourth-order valence-electron chi connectivity index (χ4n) is 4.44. The summed E-state index contributed by atoms with van der Waals surface area (Å²) in [6.45, 7) is 5.57. The third-order valence-electron chi connectivity index (χ3n) is 6.76. The Balaban J connectivity index is 2.22. The van der Waals surface area contributed by atoms with E-state index in [1.807, 2.05) is 13.8 Å². The summed E-state index contributed by atoms with van der Waals surface area (Å²) in [5.41, 5.74) is 1.03. The fraction of sp³-hybridized carbons (Fsp3) is 0.500. The molecule has 0 saturated carbocycles. The second-order valence-corrected chi connectivity index (χ2v) is 13.0. The number of nitrogens with zero attached hydrogens (tertiary/aromatic N) is 1. The van der Waals surface area contributed by atoms with Crippen LogP contribution >= 0.6 is 7.37 Å². The number of rotatable bonds is 17. The molecule has 0 saturated heterocycles. The highest BCUT2D eigenvalue weighted by atomic mass is 31.2. The largest absolute Gasteiger partial charge is 0.356 e. The van der Waals surface area contributed by atoms with Crippen molar-refractivity contribution in [3.63, 3.8) is 0 Å². The number of alkyl halides is 4. The maximum absolute atomic E-state index is 13.6. The molecular formula is C30H40F4N3O5P. The molecule has 0 spiro atoms. The summed E-state index contributed by atoms with van der Waals surface area (Å²) >= 11 is 0. The van der Waals surface area contributed by atoms with Gasteiger partial charge in [-0.05, 0) is 36.6 Å². The van der Waals surface area contributed by atoms with Gasteiger partial charge in [0.25, 0.3) is 11.8 Å². The molecule has 0 radical (unpaired) electrons. The molecular weight excluding hydrogens is 589 g/mol. The van der Waals surface area contributed by atoms with Crippen LogP contribution in [-0.2, 0) is 15.8 Å². The number of nitrogens with one attached hydrogen (secondary N) is 2. The minimum Gasteiger partial charge on any atom is -0.356 e. The lowest BCUT2D eigenvalue weighted by Gasteiger charge is -2.27. The summed E-state index contributed by atoms with van der Waals surface area (Å²) in [4.78, 5) is 51.6. The van der Waals surface area contributed by atoms with Gasteiger partial charge in [0.2, 0.25) is 13.3 Å². The standard InChI is InChI=1S/C30H40F4N3O5P/c1-4-16-37(17-5-2)28(40)24-13-9-12-23(19-24)27(39)36-25(18-22-10-7-6-8-11-22)43(41,42)20-21(3)26(38)35-15-14-30(33,34)29(31)32/h6-13,19,21,25,29H,4-5,14-18,20H2,1-3H3,(H,35,38)(H,36,39)(H,41,42)/t21?,25-/m1/s1. The molecule has 0 aromatic heterocycles. The molecule has 0 aliphatic heterocycles. The van der Waals surface area contributed by atoms with E-state index in [1.165, 1.54) is 19.1 Å². The predicted molar refractivity (Wildman–Crippen MR) is 157 cm³/mol. The smallest absolute Gasteiger partial charge is 0.309 e. The maximum Gasteiger partial charge on any atom is 0.309 e. The Hall–Kier alpha value is -3.24. The van der Waals surface area contributed by atoms with Gasteiger partial charge in [0, 0.05) is 55.7 Å². The van der Waals surface area contributed by atoms with E-state index in [0.29, 0.717) is 24.2 Å². The van der Waals surface area contributed by atoms with Crippen LogP contribution in [-0.4, -0.2) is 71.4 Å². The van der Waals surface area contributed by atoms with E-state index >= 15 is 0 Å². The molecule has 0 bridgehead atoms. The van der Waals surface area contributed by atoms with E-state index in [0.717, 1.165) is 12.8 Å². The Kier molecular flexibility index (Phi) is 13.9. The van der Waals surface area contributed by atoms with Crippen LogP contribution < -0.4 is 10.6 Å². The molecule has 2 unspecified atom stereocenters. The van der Waals surface area contributed by atoms with Crippen LogP contribution in [0.15, 0.2) is 54.6 Å². The molecule has 2 aromatic carbocycles. The first-order valence-corrected chi connectivity index (χ1v) is 16.1. The summed E-state index contributed by atoms with van der Waals surface area (Å²) in [7, 11) is -4.33. The lowest BCUT2D eigenvalue weighted by Crippen LogP contribution is -2.40. The number of carbonyl (C=O) groups is 3. The summed E-state index contributed by atoms with van der Waals surface area (Å²) < 4.78 is 64.7. The van der Waals surface area contributed by atoms with Crippen LogP contribution in [0.25, 0.3) is 0 Å². The minimum absolute atomic E-state index is 0.0608. The van der Waals surface area contributed by atoms with Gasteiger partial charge >= 0.3 is 12.3 Å². The van der Waals surface area contributed by atoms with E-state index in [2.05, 4.69) is 10.6 Å². The summed E-state index contributed by atoms with van der Waals surface area (Å²) in [6, 6.07) is 14.6. The normalized spacial score (nSPS) is 14.4. The first-order chi connectivity index (χ1) is 20.2. The second-order valence-electron chi connectivity index (χ2n) is 10.5. The van der Waals surface area contributed by atoms with Gasteiger partial charge in [0.05, 0.1) is 0 Å². The average Bonchev–Trinajstić information content (AvgIpc) is 2.96. The molecule has 2 aromatic rings. The molecule has 3 atom stereocenters. The van der Waals surface area contributed by atoms with Crippen LogP contribution in [0.5, 0.6) is 0 Å². The summed E-state index contributed by atoms with van der Waals surface area (Å²) in [6.07, 6.45) is -4.32. The SMILES string of the molecule is CCCN(CCC)C(=O)c1cccc(C(=O)N[C@@H](Cc2ccccc2)P(=O)(O)CC(C)C(=O)NCCC(F)(F)C(F)F)c1. The minimum atomic E-state index is -4.33. The van der Waals surface area contributed by atoms with Gasteiger partial charge in [-0.25, -0.2) is 17.6 Å². The molecule has 3 amide bonds. The van der Waals surface area contributed by atoms with Gasteiger partial charge in [-0.15, -0.1) is 0 Å². The molecule has 0 aliphatic rings. The zero-order valence-electron chi connectivity index (χ0n) is 24.6. The van der Waals surface area contributed by atoms with Gasteiger partial charge in [0.15, 0.2) is 0 Å². The Labute approximate surface area is 249 Å². The van der Waals surface area contributed by atoms with Crippen molar-refractivity contribution in [2.45, 2.75) is 64.6 Å². The highest BCUT2D eigenvalue weighted by Gasteiger charge is 2.40. The van der Waals surface area contributed by atoms with Crippen LogP contribution in [0.2, 0.25) is 0 Å². The molecule has 238 valence electrons. The predicted octanol–water partition coefficient (Wildman–Crippen LogP) is 5.56. The molecule has 2 rings (SSSR count). The number of benzene rings is 2. The third kappa shape index (κ3) is 11.1. The lowest BCUT2D eigenvalue weighted by molar-refractivity contribution is -0.135. The zero-order valence-corrected chi connectivity index (χ0v) is 25.5. The fourth-order valence-corrected chi connectivity index (χ4v) is 6.46. The lowest BCUT2D eigenvalue weighted by atomic mass is 10.1. The van der Waals surface area contributed by atoms with Crippen LogP contribution in [0.1, 0.15) is 66.3 Å². The molecule has 8 nitrogen and oxygen atoms in total. The van der Waals surface area contributed by atoms with E-state index in [1.54, 1.807) is 47.4 Å². The molecule has 43 heavy (non-hydrogen) atoms. The van der Waals surface area contributed by atoms with Crippen molar-refractivity contribution in [1.29, 1.82) is 0 Å². The Morgan fingerprint density at radius 3 is 2.16 bits per heavy atom. The van der Waals surface area contributed by atoms with Crippen molar-refractivity contribution < 1.29 is 41.4 Å². The van der Waals surface area contributed by atoms with Gasteiger partial charge in [-0.1, -0.05) is 57.2 Å². The Morgan fingerprint density at radius 1 is 0.977 bits per heavy atom. The summed E-state index contributed by atoms with van der Waals surface area (Å²) in [5.74, 6) is -8.57. The first kappa shape index (κ1) is 36.0. The van der Waals surface area contributed by atoms with E-state index in [4.69, 9.17) is 0 Å². The van der Waals surface area contributed by atoms with Crippen molar-refractivity contribution in [3.05, 3.63) is 71.3 Å². The Bertz CT molecular complexity index is 1260. The summed E-state index contributed by atoms with van der Waals surface area (Å²) in [5, 5.41) is 4.70. The van der Waals surface area contributed by atoms with Crippen LogP contribution in [0.3, 0.4) is 0 Å². The number of carbonyl (C=O) groups excluding carboxylic acids is 3. The highest BCUT2D eigenvalue weighted by Crippen LogP contribution is 2.48. The number of hydrogen-bond acceptors (Lipinski definition) is 4. The van der Waals surface area contributed by atoms with Crippen LogP contribution in [0.4, 0.5) is 17.6 Å². The molecule has 0 fully saturated rings. The molecule has 3 N–H and O–H groups in total. The van der Waals surface area contributed by atoms with Crippen molar-refractivity contribution >= 4 is 25.1 Å². The van der Waals surface area contributed by atoms with E-state index in [-0.39, 0.29) is 17.9 Å².